The maximum atomic E-state index is 6.29. The normalized spacial score (nSPS) is 11.0. The van der Waals surface area contributed by atoms with Crippen molar-refractivity contribution in [2.24, 2.45) is 0 Å². The molecule has 0 saturated carbocycles. The van der Waals surface area contributed by atoms with Crippen LogP contribution in [0.5, 0.6) is 0 Å². The fraction of sp³-hybridized carbons (Fsp3) is 0.294. The molecule has 0 bridgehead atoms. The van der Waals surface area contributed by atoms with Gasteiger partial charge in [0.2, 0.25) is 0 Å². The van der Waals surface area contributed by atoms with Crippen LogP contribution in [-0.4, -0.2) is 28.1 Å². The molecule has 0 fully saturated rings. The lowest BCUT2D eigenvalue weighted by Gasteiger charge is -2.19. The molecule has 3 rings (SSSR count). The van der Waals surface area contributed by atoms with Crippen LogP contribution in [0.25, 0.3) is 10.8 Å². The number of anilines is 1. The smallest absolute Gasteiger partial charge is 0.139 e. The first-order chi connectivity index (χ1) is 10.6. The van der Waals surface area contributed by atoms with Crippen LogP contribution in [0.4, 0.5) is 5.82 Å². The topological polar surface area (TPSA) is 34.0 Å². The molecule has 5 heteroatoms. The summed E-state index contributed by atoms with van der Waals surface area (Å²) in [5.74, 6) is 1.96. The van der Waals surface area contributed by atoms with E-state index in [1.165, 1.54) is 0 Å². The molecule has 0 unspecified atom stereocenters. The van der Waals surface area contributed by atoms with Gasteiger partial charge in [-0.15, -0.1) is 0 Å². The molecule has 22 heavy (non-hydrogen) atoms. The highest BCUT2D eigenvalue weighted by atomic mass is 35.5. The van der Waals surface area contributed by atoms with Crippen LogP contribution in [0.2, 0.25) is 5.15 Å². The molecule has 0 aliphatic carbocycles. The molecule has 1 aromatic carbocycles. The maximum absolute atomic E-state index is 6.29. The van der Waals surface area contributed by atoms with Gasteiger partial charge in [-0.1, -0.05) is 35.9 Å². The molecule has 0 aliphatic rings. The molecule has 114 valence electrons. The number of hydrogen-bond donors (Lipinski definition) is 0. The fourth-order valence-electron chi connectivity index (χ4n) is 2.57. The number of imidazole rings is 1. The van der Waals surface area contributed by atoms with E-state index in [-0.39, 0.29) is 0 Å². The Morgan fingerprint density at radius 3 is 2.86 bits per heavy atom. The van der Waals surface area contributed by atoms with Crippen molar-refractivity contribution >= 4 is 28.2 Å². The van der Waals surface area contributed by atoms with E-state index >= 15 is 0 Å². The number of pyridine rings is 1. The molecule has 0 amide bonds. The first-order valence-corrected chi connectivity index (χ1v) is 7.77. The highest BCUT2D eigenvalue weighted by Crippen LogP contribution is 2.25. The van der Waals surface area contributed by atoms with Crippen molar-refractivity contribution in [2.45, 2.75) is 19.9 Å². The lowest BCUT2D eigenvalue weighted by molar-refractivity contribution is 0.621. The molecule has 4 nitrogen and oxygen atoms in total. The third-order valence-corrected chi connectivity index (χ3v) is 4.18. The molecular weight excluding hydrogens is 296 g/mol. The minimum Gasteiger partial charge on any atom is -0.360 e. The monoisotopic (exact) mass is 314 g/mol. The number of rotatable bonds is 5. The van der Waals surface area contributed by atoms with Crippen molar-refractivity contribution in [3.63, 3.8) is 0 Å². The number of aromatic nitrogens is 3. The average Bonchev–Trinajstić information content (AvgIpc) is 2.92. The zero-order chi connectivity index (χ0) is 15.5. The third kappa shape index (κ3) is 3.07. The van der Waals surface area contributed by atoms with Gasteiger partial charge in [0.25, 0.3) is 0 Å². The van der Waals surface area contributed by atoms with Gasteiger partial charge in [0.15, 0.2) is 0 Å². The SMILES string of the molecule is Cc1nccn1CCCN(C)c1cc2ccccc2c(Cl)n1. The Bertz CT molecular complexity index is 781. The zero-order valence-electron chi connectivity index (χ0n) is 12.8. The second-order valence-corrected chi connectivity index (χ2v) is 5.79. The number of halogens is 1. The van der Waals surface area contributed by atoms with E-state index in [0.717, 1.165) is 41.9 Å². The third-order valence-electron chi connectivity index (χ3n) is 3.89. The Balaban J connectivity index is 1.69. The van der Waals surface area contributed by atoms with E-state index in [1.54, 1.807) is 0 Å². The van der Waals surface area contributed by atoms with Gasteiger partial charge in [-0.05, 0) is 24.8 Å². The highest BCUT2D eigenvalue weighted by Gasteiger charge is 2.08. The average molecular weight is 315 g/mol. The zero-order valence-corrected chi connectivity index (χ0v) is 13.6. The van der Waals surface area contributed by atoms with Gasteiger partial charge in [0, 0.05) is 37.9 Å². The molecule has 0 N–H and O–H groups in total. The molecule has 2 heterocycles. The van der Waals surface area contributed by atoms with Crippen molar-refractivity contribution < 1.29 is 0 Å². The van der Waals surface area contributed by atoms with E-state index in [9.17, 15) is 0 Å². The predicted octanol–water partition coefficient (Wildman–Crippen LogP) is 3.92. The number of hydrogen-bond acceptors (Lipinski definition) is 3. The van der Waals surface area contributed by atoms with Crippen LogP contribution in [0.3, 0.4) is 0 Å². The van der Waals surface area contributed by atoms with Gasteiger partial charge in [-0.2, -0.15) is 0 Å². The number of nitrogens with zero attached hydrogens (tertiary/aromatic N) is 4. The van der Waals surface area contributed by atoms with E-state index in [4.69, 9.17) is 11.6 Å². The largest absolute Gasteiger partial charge is 0.360 e. The van der Waals surface area contributed by atoms with Crippen molar-refractivity contribution in [2.75, 3.05) is 18.5 Å². The maximum Gasteiger partial charge on any atom is 0.139 e. The van der Waals surface area contributed by atoms with E-state index in [0.29, 0.717) is 5.15 Å². The van der Waals surface area contributed by atoms with Gasteiger partial charge < -0.3 is 9.47 Å². The second-order valence-electron chi connectivity index (χ2n) is 5.44. The molecule has 0 spiro atoms. The van der Waals surface area contributed by atoms with Crippen LogP contribution < -0.4 is 4.90 Å². The molecule has 0 saturated heterocycles. The highest BCUT2D eigenvalue weighted by molar-refractivity contribution is 6.34. The van der Waals surface area contributed by atoms with Gasteiger partial charge >= 0.3 is 0 Å². The van der Waals surface area contributed by atoms with Crippen LogP contribution >= 0.6 is 11.6 Å². The Labute approximate surface area is 135 Å². The lowest BCUT2D eigenvalue weighted by atomic mass is 10.2. The van der Waals surface area contributed by atoms with Crippen molar-refractivity contribution in [1.29, 1.82) is 0 Å². The summed E-state index contributed by atoms with van der Waals surface area (Å²) in [7, 11) is 2.05. The Morgan fingerprint density at radius 1 is 1.27 bits per heavy atom. The second kappa shape index (κ2) is 6.36. The molecule has 0 aliphatic heterocycles. The summed E-state index contributed by atoms with van der Waals surface area (Å²) in [5.41, 5.74) is 0. The first kappa shape index (κ1) is 14.9. The summed E-state index contributed by atoms with van der Waals surface area (Å²) in [6, 6.07) is 10.1. The fourth-order valence-corrected chi connectivity index (χ4v) is 2.83. The summed E-state index contributed by atoms with van der Waals surface area (Å²) >= 11 is 6.29. The lowest BCUT2D eigenvalue weighted by Crippen LogP contribution is -2.21. The predicted molar refractivity (Wildman–Crippen MR) is 91.6 cm³/mol. The molecule has 0 radical (unpaired) electrons. The molecular formula is C17H19ClN4. The van der Waals surface area contributed by atoms with Crippen molar-refractivity contribution in [1.82, 2.24) is 14.5 Å². The summed E-state index contributed by atoms with van der Waals surface area (Å²) in [4.78, 5) is 10.9. The molecule has 0 atom stereocenters. The van der Waals surface area contributed by atoms with Gasteiger partial charge in [-0.25, -0.2) is 9.97 Å². The van der Waals surface area contributed by atoms with Gasteiger partial charge in [0.1, 0.15) is 16.8 Å². The Hall–Kier alpha value is -2.07. The van der Waals surface area contributed by atoms with Gasteiger partial charge in [-0.3, -0.25) is 0 Å². The van der Waals surface area contributed by atoms with Gasteiger partial charge in [0.05, 0.1) is 0 Å². The summed E-state index contributed by atoms with van der Waals surface area (Å²) in [6.07, 6.45) is 4.88. The van der Waals surface area contributed by atoms with Crippen LogP contribution in [0.1, 0.15) is 12.2 Å². The minimum absolute atomic E-state index is 0.561. The van der Waals surface area contributed by atoms with E-state index < -0.39 is 0 Å². The summed E-state index contributed by atoms with van der Waals surface area (Å²) < 4.78 is 2.16. The van der Waals surface area contributed by atoms with Crippen LogP contribution in [-0.2, 0) is 6.54 Å². The number of benzene rings is 1. The Kier molecular flexibility index (Phi) is 4.29. The van der Waals surface area contributed by atoms with Crippen molar-refractivity contribution in [3.05, 3.63) is 53.7 Å². The quantitative estimate of drug-likeness (QED) is 0.669. The minimum atomic E-state index is 0.561. The summed E-state index contributed by atoms with van der Waals surface area (Å²) in [6.45, 7) is 3.89. The van der Waals surface area contributed by atoms with E-state index in [2.05, 4.69) is 31.6 Å². The summed E-state index contributed by atoms with van der Waals surface area (Å²) in [5, 5.41) is 2.68. The van der Waals surface area contributed by atoms with Crippen molar-refractivity contribution in [3.8, 4) is 0 Å². The molecule has 2 aromatic heterocycles. The van der Waals surface area contributed by atoms with E-state index in [1.807, 2.05) is 44.6 Å². The molecule has 3 aromatic rings. The number of fused-ring (bicyclic) bond motifs is 1. The number of aryl methyl sites for hydroxylation is 2. The Morgan fingerprint density at radius 2 is 2.09 bits per heavy atom. The van der Waals surface area contributed by atoms with Crippen LogP contribution in [0.15, 0.2) is 42.7 Å². The standard InChI is InChI=1S/C17H19ClN4/c1-13-19-8-11-22(13)10-5-9-21(2)16-12-14-6-3-4-7-15(14)17(18)20-16/h3-4,6-8,11-12H,5,9-10H2,1-2H3. The van der Waals surface area contributed by atoms with Crippen LogP contribution in [0, 0.1) is 6.92 Å². The first-order valence-electron chi connectivity index (χ1n) is 7.39.